The van der Waals surface area contributed by atoms with Crippen LogP contribution >= 0.6 is 11.3 Å². The fraction of sp³-hybridized carbons (Fsp3) is 0.381. The molecule has 0 fully saturated rings. The van der Waals surface area contributed by atoms with Gasteiger partial charge in [0, 0.05) is 23.1 Å². The normalized spacial score (nSPS) is 15.5. The number of hydrogen-bond acceptors (Lipinski definition) is 5. The van der Waals surface area contributed by atoms with Crippen molar-refractivity contribution in [3.8, 4) is 0 Å². The molecule has 0 saturated heterocycles. The highest BCUT2D eigenvalue weighted by molar-refractivity contribution is 7.17. The van der Waals surface area contributed by atoms with Crippen LogP contribution in [0.4, 0.5) is 10.7 Å². The molecule has 1 atom stereocenters. The van der Waals surface area contributed by atoms with Crippen LogP contribution in [0, 0.1) is 5.92 Å². The SMILES string of the molecule is CCOC(=O)c1c(NC(=O)c2cccc(NC(C)=O)c2)sc2c1CCC(C)C2. The maximum atomic E-state index is 12.8. The second kappa shape index (κ2) is 8.56. The predicted molar refractivity (Wildman–Crippen MR) is 110 cm³/mol. The van der Waals surface area contributed by atoms with Gasteiger partial charge in [-0.15, -0.1) is 11.3 Å². The molecular weight excluding hydrogens is 376 g/mol. The standard InChI is InChI=1S/C21H24N2O4S/c1-4-27-21(26)18-16-9-8-12(2)10-17(16)28-20(18)23-19(25)14-6-5-7-15(11-14)22-13(3)24/h5-7,11-12H,4,8-10H2,1-3H3,(H,22,24)(H,23,25). The molecule has 1 aromatic carbocycles. The molecule has 0 saturated carbocycles. The van der Waals surface area contributed by atoms with Gasteiger partial charge >= 0.3 is 5.97 Å². The molecule has 3 rings (SSSR count). The summed E-state index contributed by atoms with van der Waals surface area (Å²) in [5.74, 6) is -0.373. The number of carbonyl (C=O) groups is 3. The smallest absolute Gasteiger partial charge is 0.341 e. The third kappa shape index (κ3) is 4.42. The van der Waals surface area contributed by atoms with Crippen LogP contribution in [0.3, 0.4) is 0 Å². The molecule has 0 radical (unpaired) electrons. The van der Waals surface area contributed by atoms with E-state index < -0.39 is 5.97 Å². The Bertz CT molecular complexity index is 919. The van der Waals surface area contributed by atoms with Gasteiger partial charge in [-0.1, -0.05) is 13.0 Å². The highest BCUT2D eigenvalue weighted by Gasteiger charge is 2.29. The minimum Gasteiger partial charge on any atom is -0.462 e. The molecule has 0 bridgehead atoms. The number of rotatable bonds is 5. The molecule has 1 aromatic heterocycles. The first-order valence-corrected chi connectivity index (χ1v) is 10.2. The van der Waals surface area contributed by atoms with Crippen molar-refractivity contribution in [3.63, 3.8) is 0 Å². The summed E-state index contributed by atoms with van der Waals surface area (Å²) in [6.07, 6.45) is 2.73. The van der Waals surface area contributed by atoms with Gasteiger partial charge in [-0.25, -0.2) is 4.79 Å². The van der Waals surface area contributed by atoms with Crippen LogP contribution in [-0.2, 0) is 22.4 Å². The highest BCUT2D eigenvalue weighted by atomic mass is 32.1. The maximum absolute atomic E-state index is 12.8. The summed E-state index contributed by atoms with van der Waals surface area (Å²) in [7, 11) is 0. The number of ether oxygens (including phenoxy) is 1. The first-order chi connectivity index (χ1) is 13.4. The van der Waals surface area contributed by atoms with Gasteiger partial charge in [0.2, 0.25) is 5.91 Å². The van der Waals surface area contributed by atoms with Gasteiger partial charge in [0.15, 0.2) is 0 Å². The van der Waals surface area contributed by atoms with E-state index in [0.29, 0.717) is 27.7 Å². The Hall–Kier alpha value is -2.67. The maximum Gasteiger partial charge on any atom is 0.341 e. The minimum atomic E-state index is -0.392. The number of fused-ring (bicyclic) bond motifs is 1. The van der Waals surface area contributed by atoms with Gasteiger partial charge < -0.3 is 15.4 Å². The van der Waals surface area contributed by atoms with Crippen molar-refractivity contribution < 1.29 is 19.1 Å². The van der Waals surface area contributed by atoms with Crippen LogP contribution in [0.5, 0.6) is 0 Å². The Morgan fingerprint density at radius 2 is 2.04 bits per heavy atom. The van der Waals surface area contributed by atoms with Crippen LogP contribution in [0.1, 0.15) is 58.3 Å². The predicted octanol–water partition coefficient (Wildman–Crippen LogP) is 4.26. The van der Waals surface area contributed by atoms with Crippen molar-refractivity contribution in [2.75, 3.05) is 17.2 Å². The summed E-state index contributed by atoms with van der Waals surface area (Å²) in [4.78, 5) is 37.7. The fourth-order valence-electron chi connectivity index (χ4n) is 3.37. The van der Waals surface area contributed by atoms with E-state index in [4.69, 9.17) is 4.74 Å². The van der Waals surface area contributed by atoms with Crippen molar-refractivity contribution in [1.29, 1.82) is 0 Å². The molecule has 148 valence electrons. The summed E-state index contributed by atoms with van der Waals surface area (Å²) >= 11 is 1.46. The summed E-state index contributed by atoms with van der Waals surface area (Å²) in [6, 6.07) is 6.69. The molecule has 6 nitrogen and oxygen atoms in total. The lowest BCUT2D eigenvalue weighted by Crippen LogP contribution is -2.17. The summed E-state index contributed by atoms with van der Waals surface area (Å²) in [5, 5.41) is 6.08. The number of anilines is 2. The zero-order valence-electron chi connectivity index (χ0n) is 16.3. The average Bonchev–Trinajstić information content (AvgIpc) is 2.98. The lowest BCUT2D eigenvalue weighted by Gasteiger charge is -2.18. The van der Waals surface area contributed by atoms with E-state index in [9.17, 15) is 14.4 Å². The molecule has 7 heteroatoms. The van der Waals surface area contributed by atoms with Gasteiger partial charge in [0.05, 0.1) is 12.2 Å². The Balaban J connectivity index is 1.90. The van der Waals surface area contributed by atoms with Crippen molar-refractivity contribution in [2.24, 2.45) is 5.92 Å². The molecule has 0 aliphatic heterocycles. The number of amides is 2. The minimum absolute atomic E-state index is 0.206. The number of hydrogen-bond donors (Lipinski definition) is 2. The van der Waals surface area contributed by atoms with Gasteiger partial charge in [-0.05, 0) is 55.9 Å². The molecule has 0 spiro atoms. The van der Waals surface area contributed by atoms with Crippen LogP contribution in [0.25, 0.3) is 0 Å². The molecule has 1 heterocycles. The second-order valence-corrected chi connectivity index (χ2v) is 8.10. The quantitative estimate of drug-likeness (QED) is 0.735. The third-order valence-electron chi connectivity index (χ3n) is 4.66. The fourth-order valence-corrected chi connectivity index (χ4v) is 4.77. The number of benzene rings is 1. The van der Waals surface area contributed by atoms with Crippen molar-refractivity contribution in [3.05, 3.63) is 45.8 Å². The van der Waals surface area contributed by atoms with Gasteiger partial charge in [-0.2, -0.15) is 0 Å². The van der Waals surface area contributed by atoms with E-state index in [1.807, 2.05) is 0 Å². The Morgan fingerprint density at radius 3 is 2.75 bits per heavy atom. The summed E-state index contributed by atoms with van der Waals surface area (Å²) in [6.45, 7) is 5.66. The van der Waals surface area contributed by atoms with E-state index in [0.717, 1.165) is 29.7 Å². The largest absolute Gasteiger partial charge is 0.462 e. The van der Waals surface area contributed by atoms with Crippen LogP contribution in [0.15, 0.2) is 24.3 Å². The van der Waals surface area contributed by atoms with E-state index in [1.54, 1.807) is 31.2 Å². The zero-order chi connectivity index (χ0) is 20.3. The first kappa shape index (κ1) is 20.1. The molecule has 2 aromatic rings. The highest BCUT2D eigenvalue weighted by Crippen LogP contribution is 2.40. The molecule has 28 heavy (non-hydrogen) atoms. The first-order valence-electron chi connectivity index (χ1n) is 9.39. The Labute approximate surface area is 168 Å². The van der Waals surface area contributed by atoms with Crippen molar-refractivity contribution in [2.45, 2.75) is 40.0 Å². The van der Waals surface area contributed by atoms with Crippen molar-refractivity contribution in [1.82, 2.24) is 0 Å². The number of nitrogens with one attached hydrogen (secondary N) is 2. The Morgan fingerprint density at radius 1 is 1.25 bits per heavy atom. The second-order valence-electron chi connectivity index (χ2n) is 6.99. The van der Waals surface area contributed by atoms with Crippen LogP contribution < -0.4 is 10.6 Å². The van der Waals surface area contributed by atoms with Crippen LogP contribution in [-0.4, -0.2) is 24.4 Å². The Kier molecular flexibility index (Phi) is 6.14. The zero-order valence-corrected chi connectivity index (χ0v) is 17.1. The van der Waals surface area contributed by atoms with E-state index >= 15 is 0 Å². The molecular formula is C21H24N2O4S. The molecule has 2 N–H and O–H groups in total. The van der Waals surface area contributed by atoms with E-state index in [-0.39, 0.29) is 18.4 Å². The molecule has 1 unspecified atom stereocenters. The molecule has 1 aliphatic rings. The lowest BCUT2D eigenvalue weighted by atomic mass is 9.88. The van der Waals surface area contributed by atoms with Crippen LogP contribution in [0.2, 0.25) is 0 Å². The summed E-state index contributed by atoms with van der Waals surface area (Å²) in [5.41, 5.74) is 2.44. The number of thiophene rings is 1. The number of esters is 1. The third-order valence-corrected chi connectivity index (χ3v) is 5.83. The van der Waals surface area contributed by atoms with E-state index in [2.05, 4.69) is 17.6 Å². The number of carbonyl (C=O) groups excluding carboxylic acids is 3. The van der Waals surface area contributed by atoms with Gasteiger partial charge in [0.1, 0.15) is 5.00 Å². The van der Waals surface area contributed by atoms with Gasteiger partial charge in [0.25, 0.3) is 5.91 Å². The van der Waals surface area contributed by atoms with Gasteiger partial charge in [-0.3, -0.25) is 9.59 Å². The van der Waals surface area contributed by atoms with E-state index in [1.165, 1.54) is 18.3 Å². The topological polar surface area (TPSA) is 84.5 Å². The monoisotopic (exact) mass is 400 g/mol. The average molecular weight is 401 g/mol. The summed E-state index contributed by atoms with van der Waals surface area (Å²) < 4.78 is 5.24. The molecule has 2 amide bonds. The molecule has 1 aliphatic carbocycles. The lowest BCUT2D eigenvalue weighted by molar-refractivity contribution is -0.114. The van der Waals surface area contributed by atoms with Crippen molar-refractivity contribution >= 4 is 39.8 Å².